The zero-order valence-electron chi connectivity index (χ0n) is 10.9. The predicted molar refractivity (Wildman–Crippen MR) is 83.7 cm³/mol. The van der Waals surface area contributed by atoms with Crippen LogP contribution in [0.4, 0.5) is 0 Å². The van der Waals surface area contributed by atoms with E-state index in [9.17, 15) is 9.59 Å². The first-order valence-electron chi connectivity index (χ1n) is 5.31. The number of carbonyl (C=O) groups is 2. The second kappa shape index (κ2) is 17.9. The van der Waals surface area contributed by atoms with Crippen molar-refractivity contribution in [2.24, 2.45) is 0 Å². The van der Waals surface area contributed by atoms with E-state index in [1.165, 1.54) is 13.8 Å². The van der Waals surface area contributed by atoms with Gasteiger partial charge in [0.25, 0.3) is 0 Å². The van der Waals surface area contributed by atoms with Gasteiger partial charge in [0.2, 0.25) is 0 Å². The number of thioether (sulfide) groups is 1. The van der Waals surface area contributed by atoms with Crippen LogP contribution in [0.5, 0.6) is 0 Å². The van der Waals surface area contributed by atoms with Crippen LogP contribution in [-0.4, -0.2) is 67.6 Å². The fourth-order valence-corrected chi connectivity index (χ4v) is 0.693. The second-order valence-corrected chi connectivity index (χ2v) is 5.86. The molecular formula is C10H22O6S3. The molecule has 0 aliphatic heterocycles. The number of thiol groups is 2. The van der Waals surface area contributed by atoms with E-state index in [-0.39, 0.29) is 13.2 Å². The Balaban J connectivity index is -0.000000203. The minimum Gasteiger partial charge on any atom is -0.480 e. The summed E-state index contributed by atoms with van der Waals surface area (Å²) in [4.78, 5) is 19.2. The summed E-state index contributed by atoms with van der Waals surface area (Å²) in [6.07, 6.45) is 0. The van der Waals surface area contributed by atoms with Crippen molar-refractivity contribution in [2.45, 2.75) is 24.3 Å². The Hall–Kier alpha value is -0.0900. The van der Waals surface area contributed by atoms with Crippen molar-refractivity contribution in [1.29, 1.82) is 0 Å². The lowest BCUT2D eigenvalue weighted by atomic mass is 10.5. The minimum absolute atomic E-state index is 0.213. The summed E-state index contributed by atoms with van der Waals surface area (Å²) in [7, 11) is 0. The van der Waals surface area contributed by atoms with Crippen LogP contribution in [0.1, 0.15) is 13.8 Å². The molecule has 0 aliphatic carbocycles. The van der Waals surface area contributed by atoms with E-state index in [4.69, 9.17) is 20.4 Å². The van der Waals surface area contributed by atoms with E-state index in [0.717, 1.165) is 11.5 Å². The molecule has 19 heavy (non-hydrogen) atoms. The van der Waals surface area contributed by atoms with Crippen molar-refractivity contribution in [3.05, 3.63) is 0 Å². The molecule has 2 unspecified atom stereocenters. The summed E-state index contributed by atoms with van der Waals surface area (Å²) in [5, 5.41) is 31.1. The maximum atomic E-state index is 9.62. The third-order valence-corrected chi connectivity index (χ3v) is 2.57. The Bertz CT molecular complexity index is 201. The first kappa shape index (κ1) is 24.0. The molecule has 0 rings (SSSR count). The lowest BCUT2D eigenvalue weighted by Crippen LogP contribution is -2.06. The molecule has 0 radical (unpaired) electrons. The van der Waals surface area contributed by atoms with Gasteiger partial charge in [0.15, 0.2) is 0 Å². The molecule has 0 spiro atoms. The van der Waals surface area contributed by atoms with E-state index in [2.05, 4.69) is 25.3 Å². The highest BCUT2D eigenvalue weighted by molar-refractivity contribution is 7.99. The van der Waals surface area contributed by atoms with E-state index in [1.807, 2.05) is 0 Å². The Morgan fingerprint density at radius 2 is 1.16 bits per heavy atom. The lowest BCUT2D eigenvalue weighted by molar-refractivity contribution is -0.137. The minimum atomic E-state index is -0.877. The Kier molecular flexibility index (Phi) is 22.6. The van der Waals surface area contributed by atoms with Crippen molar-refractivity contribution in [2.75, 3.05) is 24.7 Å². The van der Waals surface area contributed by atoms with Gasteiger partial charge in [-0.25, -0.2) is 0 Å². The van der Waals surface area contributed by atoms with Crippen LogP contribution in [0.15, 0.2) is 0 Å². The highest BCUT2D eigenvalue weighted by Crippen LogP contribution is 1.94. The third kappa shape index (κ3) is 32.0. The maximum absolute atomic E-state index is 9.62. The van der Waals surface area contributed by atoms with Gasteiger partial charge in [0.05, 0.1) is 23.7 Å². The van der Waals surface area contributed by atoms with Crippen molar-refractivity contribution in [3.8, 4) is 0 Å². The summed E-state index contributed by atoms with van der Waals surface area (Å²) in [5.74, 6) is -0.280. The molecule has 6 nitrogen and oxygen atoms in total. The molecule has 0 aromatic rings. The fraction of sp³-hybridized carbons (Fsp3) is 0.800. The van der Waals surface area contributed by atoms with Gasteiger partial charge in [-0.1, -0.05) is 0 Å². The zero-order valence-corrected chi connectivity index (χ0v) is 13.5. The van der Waals surface area contributed by atoms with Gasteiger partial charge < -0.3 is 20.4 Å². The molecule has 0 heterocycles. The molecule has 0 bridgehead atoms. The average Bonchev–Trinajstić information content (AvgIpc) is 2.31. The van der Waals surface area contributed by atoms with Crippen molar-refractivity contribution < 1.29 is 30.0 Å². The second-order valence-electron chi connectivity index (χ2n) is 3.09. The Labute approximate surface area is 128 Å². The topological polar surface area (TPSA) is 115 Å². The van der Waals surface area contributed by atoms with E-state index in [0.29, 0.717) is 0 Å². The number of rotatable bonds is 6. The molecule has 0 amide bonds. The molecule has 9 heteroatoms. The van der Waals surface area contributed by atoms with Crippen LogP contribution in [-0.2, 0) is 9.59 Å². The number of aliphatic carboxylic acids is 2. The predicted octanol–water partition coefficient (Wildman–Crippen LogP) is 0.483. The summed E-state index contributed by atoms with van der Waals surface area (Å²) in [5.41, 5.74) is 0. The summed E-state index contributed by atoms with van der Waals surface area (Å²) < 4.78 is 0. The molecule has 0 aliphatic rings. The summed E-state index contributed by atoms with van der Waals surface area (Å²) in [6, 6.07) is 0. The number of aliphatic hydroxyl groups excluding tert-OH is 2. The smallest absolute Gasteiger partial charge is 0.316 e. The molecular weight excluding hydrogens is 312 g/mol. The Morgan fingerprint density at radius 3 is 1.26 bits per heavy atom. The quantitative estimate of drug-likeness (QED) is 0.309. The van der Waals surface area contributed by atoms with Gasteiger partial charge in [-0.2, -0.15) is 37.0 Å². The van der Waals surface area contributed by atoms with Gasteiger partial charge in [-0.05, 0) is 13.8 Å². The van der Waals surface area contributed by atoms with Crippen LogP contribution in [0.25, 0.3) is 0 Å². The molecule has 0 aromatic heterocycles. The first-order chi connectivity index (χ1) is 8.70. The highest BCUT2D eigenvalue weighted by atomic mass is 32.2. The number of hydrogen-bond acceptors (Lipinski definition) is 7. The standard InChI is InChI=1S/C4H10O2S.2C3H6O2S/c5-1-3-7-4-2-6;2*1-2(6)3(4)5/h5-6H,1-4H2;2*2,6H,1H3,(H,4,5). The first-order valence-corrected chi connectivity index (χ1v) is 7.50. The van der Waals surface area contributed by atoms with Crippen LogP contribution < -0.4 is 0 Å². The van der Waals surface area contributed by atoms with Crippen LogP contribution in [0, 0.1) is 0 Å². The number of carboxylic acids is 2. The number of aliphatic hydroxyl groups is 2. The fourth-order valence-electron chi connectivity index (χ4n) is 0.231. The van der Waals surface area contributed by atoms with Gasteiger partial charge in [-0.15, -0.1) is 0 Å². The average molecular weight is 334 g/mol. The third-order valence-electron chi connectivity index (χ3n) is 1.19. The van der Waals surface area contributed by atoms with Crippen molar-refractivity contribution in [3.63, 3.8) is 0 Å². The molecule has 2 atom stereocenters. The van der Waals surface area contributed by atoms with E-state index >= 15 is 0 Å². The summed E-state index contributed by atoms with van der Waals surface area (Å²) in [6.45, 7) is 3.44. The number of hydrogen-bond donors (Lipinski definition) is 6. The highest BCUT2D eigenvalue weighted by Gasteiger charge is 2.00. The van der Waals surface area contributed by atoms with Gasteiger partial charge in [0, 0.05) is 11.5 Å². The molecule has 4 N–H and O–H groups in total. The van der Waals surface area contributed by atoms with Gasteiger partial charge in [0.1, 0.15) is 0 Å². The molecule has 0 aromatic carbocycles. The molecule has 116 valence electrons. The maximum Gasteiger partial charge on any atom is 0.316 e. The SMILES string of the molecule is CC(S)C(=O)O.CC(S)C(=O)O.OCCSCCO. The van der Waals surface area contributed by atoms with E-state index in [1.54, 1.807) is 11.8 Å². The van der Waals surface area contributed by atoms with E-state index < -0.39 is 22.4 Å². The monoisotopic (exact) mass is 334 g/mol. The molecule has 0 saturated carbocycles. The lowest BCUT2D eigenvalue weighted by Gasteiger charge is -1.90. The largest absolute Gasteiger partial charge is 0.480 e. The van der Waals surface area contributed by atoms with Crippen molar-refractivity contribution >= 4 is 49.0 Å². The van der Waals surface area contributed by atoms with Crippen LogP contribution >= 0.6 is 37.0 Å². The van der Waals surface area contributed by atoms with Crippen molar-refractivity contribution in [1.82, 2.24) is 0 Å². The van der Waals surface area contributed by atoms with Gasteiger partial charge >= 0.3 is 11.9 Å². The molecule has 0 fully saturated rings. The molecule has 0 saturated heterocycles. The Morgan fingerprint density at radius 1 is 0.947 bits per heavy atom. The van der Waals surface area contributed by atoms with Crippen LogP contribution in [0.2, 0.25) is 0 Å². The zero-order chi connectivity index (χ0) is 15.8. The van der Waals surface area contributed by atoms with Crippen LogP contribution in [0.3, 0.4) is 0 Å². The number of carboxylic acid groups (broad SMARTS) is 2. The summed E-state index contributed by atoms with van der Waals surface area (Å²) >= 11 is 8.74. The van der Waals surface area contributed by atoms with Gasteiger partial charge in [-0.3, -0.25) is 9.59 Å². The normalized spacial score (nSPS) is 12.1.